The lowest BCUT2D eigenvalue weighted by atomic mass is 9.68. The van der Waals surface area contributed by atoms with Crippen molar-refractivity contribution in [1.29, 1.82) is 0 Å². The molecular formula is C15H30O2. The first-order chi connectivity index (χ1) is 7.95. The summed E-state index contributed by atoms with van der Waals surface area (Å²) in [6.45, 7) is 7.79. The van der Waals surface area contributed by atoms with E-state index in [4.69, 9.17) is 4.74 Å². The van der Waals surface area contributed by atoms with Crippen molar-refractivity contribution in [1.82, 2.24) is 0 Å². The van der Waals surface area contributed by atoms with Gasteiger partial charge in [0.25, 0.3) is 0 Å². The Bertz CT molecular complexity index is 199. The quantitative estimate of drug-likeness (QED) is 0.746. The van der Waals surface area contributed by atoms with E-state index in [-0.39, 0.29) is 6.10 Å². The van der Waals surface area contributed by atoms with E-state index in [2.05, 4.69) is 20.8 Å². The molecule has 0 radical (unpaired) electrons. The van der Waals surface area contributed by atoms with Crippen LogP contribution in [0.4, 0.5) is 0 Å². The maximum absolute atomic E-state index is 10.1. The third kappa shape index (κ3) is 4.97. The van der Waals surface area contributed by atoms with Crippen molar-refractivity contribution >= 4 is 0 Å². The molecule has 0 aromatic carbocycles. The summed E-state index contributed by atoms with van der Waals surface area (Å²) in [7, 11) is 1.72. The van der Waals surface area contributed by atoms with Crippen molar-refractivity contribution in [2.24, 2.45) is 17.3 Å². The number of hydrogen-bond donors (Lipinski definition) is 1. The van der Waals surface area contributed by atoms with Crippen molar-refractivity contribution in [3.05, 3.63) is 0 Å². The number of aliphatic hydroxyl groups is 1. The standard InChI is InChI=1S/C15H30O2/c1-15(2,3)13-9-7-12(8-10-13)14(16)6-5-11-17-4/h12-14,16H,5-11H2,1-4H3. The summed E-state index contributed by atoms with van der Waals surface area (Å²) in [5, 5.41) is 10.1. The molecule has 1 unspecified atom stereocenters. The van der Waals surface area contributed by atoms with Crippen LogP contribution in [0.25, 0.3) is 0 Å². The molecule has 0 aliphatic heterocycles. The van der Waals surface area contributed by atoms with Crippen molar-refractivity contribution in [3.8, 4) is 0 Å². The second-order valence-electron chi connectivity index (χ2n) is 6.68. The highest BCUT2D eigenvalue weighted by Crippen LogP contribution is 2.41. The van der Waals surface area contributed by atoms with Crippen molar-refractivity contribution in [3.63, 3.8) is 0 Å². The number of aliphatic hydroxyl groups excluding tert-OH is 1. The van der Waals surface area contributed by atoms with Gasteiger partial charge in [0.15, 0.2) is 0 Å². The third-order valence-corrected chi connectivity index (χ3v) is 4.39. The van der Waals surface area contributed by atoms with Gasteiger partial charge in [0.05, 0.1) is 6.10 Å². The summed E-state index contributed by atoms with van der Waals surface area (Å²) in [4.78, 5) is 0. The van der Waals surface area contributed by atoms with E-state index < -0.39 is 0 Å². The first-order valence-electron chi connectivity index (χ1n) is 7.12. The summed E-state index contributed by atoms with van der Waals surface area (Å²) >= 11 is 0. The minimum atomic E-state index is -0.105. The van der Waals surface area contributed by atoms with Gasteiger partial charge in [0.1, 0.15) is 0 Å². The maximum Gasteiger partial charge on any atom is 0.0569 e. The van der Waals surface area contributed by atoms with Crippen LogP contribution in [0.3, 0.4) is 0 Å². The van der Waals surface area contributed by atoms with Gasteiger partial charge in [-0.2, -0.15) is 0 Å². The molecule has 1 N–H and O–H groups in total. The highest BCUT2D eigenvalue weighted by atomic mass is 16.5. The van der Waals surface area contributed by atoms with Crippen LogP contribution in [0.2, 0.25) is 0 Å². The molecule has 0 amide bonds. The lowest BCUT2D eigenvalue weighted by Gasteiger charge is -2.38. The van der Waals surface area contributed by atoms with Gasteiger partial charge in [0, 0.05) is 13.7 Å². The first-order valence-corrected chi connectivity index (χ1v) is 7.12. The summed E-state index contributed by atoms with van der Waals surface area (Å²) in [6, 6.07) is 0. The predicted octanol–water partition coefficient (Wildman–Crippen LogP) is 3.63. The van der Waals surface area contributed by atoms with Crippen LogP contribution in [0.15, 0.2) is 0 Å². The summed E-state index contributed by atoms with van der Waals surface area (Å²) in [6.07, 6.45) is 6.76. The van der Waals surface area contributed by atoms with Gasteiger partial charge in [-0.1, -0.05) is 20.8 Å². The molecule has 0 aromatic heterocycles. The van der Waals surface area contributed by atoms with E-state index in [1.807, 2.05) is 0 Å². The number of hydrogen-bond acceptors (Lipinski definition) is 2. The van der Waals surface area contributed by atoms with E-state index in [1.54, 1.807) is 7.11 Å². The Morgan fingerprint density at radius 1 is 1.18 bits per heavy atom. The van der Waals surface area contributed by atoms with Gasteiger partial charge in [-0.3, -0.25) is 0 Å². The highest BCUT2D eigenvalue weighted by Gasteiger charge is 2.31. The number of methoxy groups -OCH3 is 1. The first kappa shape index (κ1) is 15.0. The van der Waals surface area contributed by atoms with E-state index in [9.17, 15) is 5.11 Å². The van der Waals surface area contributed by atoms with Gasteiger partial charge in [-0.05, 0) is 55.8 Å². The zero-order valence-electron chi connectivity index (χ0n) is 12.0. The molecule has 1 aliphatic carbocycles. The molecule has 1 atom stereocenters. The summed E-state index contributed by atoms with van der Waals surface area (Å²) < 4.78 is 5.03. The van der Waals surface area contributed by atoms with E-state index in [0.29, 0.717) is 11.3 Å². The molecule has 0 spiro atoms. The molecule has 2 heteroatoms. The molecule has 1 fully saturated rings. The minimum absolute atomic E-state index is 0.105. The van der Waals surface area contributed by atoms with Gasteiger partial charge in [0.2, 0.25) is 0 Å². The largest absolute Gasteiger partial charge is 0.393 e. The lowest BCUT2D eigenvalue weighted by molar-refractivity contribution is 0.0419. The third-order valence-electron chi connectivity index (χ3n) is 4.39. The number of ether oxygens (including phenoxy) is 1. The zero-order chi connectivity index (χ0) is 12.9. The van der Waals surface area contributed by atoms with Crippen LogP contribution in [0.1, 0.15) is 59.3 Å². The summed E-state index contributed by atoms with van der Waals surface area (Å²) in [5.74, 6) is 1.37. The van der Waals surface area contributed by atoms with E-state index in [0.717, 1.165) is 25.4 Å². The highest BCUT2D eigenvalue weighted by molar-refractivity contribution is 4.83. The van der Waals surface area contributed by atoms with Crippen LogP contribution in [0.5, 0.6) is 0 Å². The maximum atomic E-state index is 10.1. The molecule has 2 nitrogen and oxygen atoms in total. The fourth-order valence-electron chi connectivity index (χ4n) is 3.04. The Balaban J connectivity index is 2.26. The molecule has 102 valence electrons. The van der Waals surface area contributed by atoms with E-state index in [1.165, 1.54) is 25.7 Å². The van der Waals surface area contributed by atoms with Crippen LogP contribution in [0, 0.1) is 17.3 Å². The predicted molar refractivity (Wildman–Crippen MR) is 72.0 cm³/mol. The van der Waals surface area contributed by atoms with Crippen LogP contribution >= 0.6 is 0 Å². The fourth-order valence-corrected chi connectivity index (χ4v) is 3.04. The van der Waals surface area contributed by atoms with Gasteiger partial charge < -0.3 is 9.84 Å². The Labute approximate surface area is 107 Å². The minimum Gasteiger partial charge on any atom is -0.393 e. The van der Waals surface area contributed by atoms with Crippen molar-refractivity contribution in [2.45, 2.75) is 65.4 Å². The van der Waals surface area contributed by atoms with Gasteiger partial charge >= 0.3 is 0 Å². The SMILES string of the molecule is COCCCC(O)C1CCC(C(C)(C)C)CC1. The number of rotatable bonds is 5. The van der Waals surface area contributed by atoms with Gasteiger partial charge in [-0.15, -0.1) is 0 Å². The van der Waals surface area contributed by atoms with Crippen molar-refractivity contribution < 1.29 is 9.84 Å². The average molecular weight is 242 g/mol. The van der Waals surface area contributed by atoms with Crippen LogP contribution < -0.4 is 0 Å². The second kappa shape index (κ2) is 6.75. The molecule has 0 aromatic rings. The van der Waals surface area contributed by atoms with Crippen LogP contribution in [-0.2, 0) is 4.74 Å². The smallest absolute Gasteiger partial charge is 0.0569 e. The van der Waals surface area contributed by atoms with Gasteiger partial charge in [-0.25, -0.2) is 0 Å². The topological polar surface area (TPSA) is 29.5 Å². The molecule has 0 heterocycles. The molecule has 1 saturated carbocycles. The molecule has 17 heavy (non-hydrogen) atoms. The van der Waals surface area contributed by atoms with E-state index >= 15 is 0 Å². The summed E-state index contributed by atoms with van der Waals surface area (Å²) in [5.41, 5.74) is 0.436. The Morgan fingerprint density at radius 2 is 1.76 bits per heavy atom. The lowest BCUT2D eigenvalue weighted by Crippen LogP contribution is -2.30. The Morgan fingerprint density at radius 3 is 2.24 bits per heavy atom. The Hall–Kier alpha value is -0.0800. The van der Waals surface area contributed by atoms with Crippen molar-refractivity contribution in [2.75, 3.05) is 13.7 Å². The normalized spacial score (nSPS) is 28.1. The Kier molecular flexibility index (Phi) is 5.94. The fraction of sp³-hybridized carbons (Fsp3) is 1.00. The molecule has 0 bridgehead atoms. The molecular weight excluding hydrogens is 212 g/mol. The second-order valence-corrected chi connectivity index (χ2v) is 6.68. The molecule has 1 aliphatic rings. The average Bonchev–Trinajstić information content (AvgIpc) is 2.28. The molecule has 0 saturated heterocycles. The monoisotopic (exact) mass is 242 g/mol. The van der Waals surface area contributed by atoms with Crippen LogP contribution in [-0.4, -0.2) is 24.9 Å². The molecule has 1 rings (SSSR count). The zero-order valence-corrected chi connectivity index (χ0v) is 12.0.